The van der Waals surface area contributed by atoms with Gasteiger partial charge in [0, 0.05) is 31.7 Å². The van der Waals surface area contributed by atoms with E-state index >= 15 is 0 Å². The molecule has 1 aromatic carbocycles. The summed E-state index contributed by atoms with van der Waals surface area (Å²) in [6.07, 6.45) is 1.47. The summed E-state index contributed by atoms with van der Waals surface area (Å²) in [5, 5.41) is 9.01. The maximum absolute atomic E-state index is 12.6. The lowest BCUT2D eigenvalue weighted by atomic mass is 9.96. The molecule has 6 heteroatoms. The number of carbonyl (C=O) groups excluding carboxylic acids is 2. The van der Waals surface area contributed by atoms with Crippen LogP contribution in [0, 0.1) is 17.2 Å². The van der Waals surface area contributed by atoms with Crippen LogP contribution in [-0.2, 0) is 11.3 Å². The molecule has 3 rings (SSSR count). The highest BCUT2D eigenvalue weighted by molar-refractivity contribution is 5.98. The van der Waals surface area contributed by atoms with Gasteiger partial charge in [-0.2, -0.15) is 5.26 Å². The van der Waals surface area contributed by atoms with Crippen LogP contribution in [0.3, 0.4) is 0 Å². The largest absolute Gasteiger partial charge is 0.444 e. The second kappa shape index (κ2) is 6.99. The quantitative estimate of drug-likeness (QED) is 0.817. The summed E-state index contributed by atoms with van der Waals surface area (Å²) in [5.74, 6) is 0.418. The molecule has 0 radical (unpaired) electrons. The molecule has 0 unspecified atom stereocenters. The van der Waals surface area contributed by atoms with Crippen molar-refractivity contribution in [3.05, 3.63) is 34.9 Å². The fourth-order valence-electron chi connectivity index (χ4n) is 3.53. The number of piperidine rings is 1. The first-order valence-electron chi connectivity index (χ1n) is 9.07. The van der Waals surface area contributed by atoms with Crippen LogP contribution in [0.2, 0.25) is 0 Å². The lowest BCUT2D eigenvalue weighted by Gasteiger charge is -2.34. The van der Waals surface area contributed by atoms with Crippen molar-refractivity contribution in [1.82, 2.24) is 9.80 Å². The molecule has 6 nitrogen and oxygen atoms in total. The molecule has 0 bridgehead atoms. The molecular formula is C20H25N3O3. The van der Waals surface area contributed by atoms with Gasteiger partial charge < -0.3 is 14.5 Å². The van der Waals surface area contributed by atoms with Crippen molar-refractivity contribution in [3.63, 3.8) is 0 Å². The monoisotopic (exact) mass is 355 g/mol. The Balaban J connectivity index is 1.54. The molecule has 2 aliphatic heterocycles. The predicted molar refractivity (Wildman–Crippen MR) is 96.4 cm³/mol. The molecular weight excluding hydrogens is 330 g/mol. The van der Waals surface area contributed by atoms with Crippen LogP contribution >= 0.6 is 0 Å². The van der Waals surface area contributed by atoms with E-state index in [4.69, 9.17) is 10.00 Å². The van der Waals surface area contributed by atoms with Crippen molar-refractivity contribution in [2.75, 3.05) is 19.6 Å². The van der Waals surface area contributed by atoms with Gasteiger partial charge in [0.15, 0.2) is 0 Å². The summed E-state index contributed by atoms with van der Waals surface area (Å²) in [5.41, 5.74) is 1.74. The Labute approximate surface area is 154 Å². The SMILES string of the molecule is CC(C)(C)OC(=O)N1CCC(CN2Cc3cc(C#N)ccc3C2=O)CC1. The Hall–Kier alpha value is -2.55. The minimum Gasteiger partial charge on any atom is -0.444 e. The first kappa shape index (κ1) is 18.2. The van der Waals surface area contributed by atoms with E-state index in [0.29, 0.717) is 43.2 Å². The first-order valence-corrected chi connectivity index (χ1v) is 9.07. The number of benzene rings is 1. The van der Waals surface area contributed by atoms with Gasteiger partial charge in [-0.1, -0.05) is 0 Å². The third-order valence-electron chi connectivity index (χ3n) is 4.86. The Bertz CT molecular complexity index is 753. The third-order valence-corrected chi connectivity index (χ3v) is 4.86. The van der Waals surface area contributed by atoms with Crippen molar-refractivity contribution in [3.8, 4) is 6.07 Å². The fourth-order valence-corrected chi connectivity index (χ4v) is 3.53. The molecule has 2 aliphatic rings. The van der Waals surface area contributed by atoms with Crippen LogP contribution in [0.1, 0.15) is 55.1 Å². The van der Waals surface area contributed by atoms with E-state index in [0.717, 1.165) is 18.4 Å². The van der Waals surface area contributed by atoms with Gasteiger partial charge in [-0.3, -0.25) is 4.79 Å². The zero-order valence-electron chi connectivity index (χ0n) is 15.6. The van der Waals surface area contributed by atoms with Gasteiger partial charge in [-0.05, 0) is 63.3 Å². The van der Waals surface area contributed by atoms with Crippen LogP contribution in [-0.4, -0.2) is 47.0 Å². The van der Waals surface area contributed by atoms with Crippen LogP contribution in [0.5, 0.6) is 0 Å². The number of hydrogen-bond donors (Lipinski definition) is 0. The molecule has 0 spiro atoms. The summed E-state index contributed by atoms with van der Waals surface area (Å²) in [4.78, 5) is 28.3. The standard InChI is InChI=1S/C20H25N3O3/c1-20(2,3)26-19(25)22-8-6-14(7-9-22)12-23-13-16-10-15(11-21)4-5-17(16)18(23)24/h4-5,10,14H,6-9,12-13H2,1-3H3. The zero-order valence-corrected chi connectivity index (χ0v) is 15.6. The Morgan fingerprint density at radius 2 is 2.00 bits per heavy atom. The van der Waals surface area contributed by atoms with Crippen LogP contribution < -0.4 is 0 Å². The number of hydrogen-bond acceptors (Lipinski definition) is 4. The molecule has 0 aliphatic carbocycles. The lowest BCUT2D eigenvalue weighted by molar-refractivity contribution is 0.0167. The Morgan fingerprint density at radius 1 is 1.31 bits per heavy atom. The molecule has 1 fully saturated rings. The number of carbonyl (C=O) groups is 2. The minimum absolute atomic E-state index is 0.0408. The molecule has 1 saturated heterocycles. The number of nitrogens with zero attached hydrogens (tertiary/aromatic N) is 3. The van der Waals surface area contributed by atoms with Crippen molar-refractivity contribution in [2.45, 2.75) is 45.8 Å². The number of likely N-dealkylation sites (tertiary alicyclic amines) is 1. The first-order chi connectivity index (χ1) is 12.3. The number of rotatable bonds is 2. The summed E-state index contributed by atoms with van der Waals surface area (Å²) in [6.45, 7) is 8.18. The van der Waals surface area contributed by atoms with Crippen LogP contribution in [0.15, 0.2) is 18.2 Å². The van der Waals surface area contributed by atoms with E-state index < -0.39 is 5.60 Å². The van der Waals surface area contributed by atoms with Gasteiger partial charge in [-0.25, -0.2) is 4.79 Å². The number of amides is 2. The summed E-state index contributed by atoms with van der Waals surface area (Å²) < 4.78 is 5.42. The fraction of sp³-hybridized carbons (Fsp3) is 0.550. The van der Waals surface area contributed by atoms with Crippen molar-refractivity contribution >= 4 is 12.0 Å². The summed E-state index contributed by atoms with van der Waals surface area (Å²) >= 11 is 0. The molecule has 0 N–H and O–H groups in total. The van der Waals surface area contributed by atoms with E-state index in [1.54, 1.807) is 23.1 Å². The molecule has 1 aromatic rings. The van der Waals surface area contributed by atoms with Gasteiger partial charge in [-0.15, -0.1) is 0 Å². The predicted octanol–water partition coefficient (Wildman–Crippen LogP) is 3.16. The van der Waals surface area contributed by atoms with Gasteiger partial charge in [0.05, 0.1) is 11.6 Å². The average Bonchev–Trinajstić information content (AvgIpc) is 2.89. The molecule has 138 valence electrons. The Kier molecular flexibility index (Phi) is 4.90. The second-order valence-electron chi connectivity index (χ2n) is 8.08. The average molecular weight is 355 g/mol. The highest BCUT2D eigenvalue weighted by Crippen LogP contribution is 2.27. The van der Waals surface area contributed by atoms with Crippen molar-refractivity contribution < 1.29 is 14.3 Å². The van der Waals surface area contributed by atoms with E-state index in [1.165, 1.54) is 0 Å². The maximum Gasteiger partial charge on any atom is 0.410 e. The van der Waals surface area contributed by atoms with Crippen LogP contribution in [0.25, 0.3) is 0 Å². The minimum atomic E-state index is -0.482. The molecule has 2 heterocycles. The zero-order chi connectivity index (χ0) is 18.9. The molecule has 0 atom stereocenters. The lowest BCUT2D eigenvalue weighted by Crippen LogP contribution is -2.43. The summed E-state index contributed by atoms with van der Waals surface area (Å²) in [6, 6.07) is 7.37. The maximum atomic E-state index is 12.6. The van der Waals surface area contributed by atoms with Gasteiger partial charge in [0.2, 0.25) is 0 Å². The number of fused-ring (bicyclic) bond motifs is 1. The number of ether oxygens (including phenoxy) is 1. The smallest absolute Gasteiger partial charge is 0.410 e. The highest BCUT2D eigenvalue weighted by atomic mass is 16.6. The van der Waals surface area contributed by atoms with E-state index in [1.807, 2.05) is 25.7 Å². The van der Waals surface area contributed by atoms with E-state index in [2.05, 4.69) is 6.07 Å². The topological polar surface area (TPSA) is 73.6 Å². The van der Waals surface area contributed by atoms with E-state index in [-0.39, 0.29) is 12.0 Å². The van der Waals surface area contributed by atoms with Crippen molar-refractivity contribution in [1.29, 1.82) is 5.26 Å². The van der Waals surface area contributed by atoms with Gasteiger partial charge >= 0.3 is 6.09 Å². The second-order valence-corrected chi connectivity index (χ2v) is 8.08. The molecule has 2 amide bonds. The molecule has 26 heavy (non-hydrogen) atoms. The van der Waals surface area contributed by atoms with Crippen LogP contribution in [0.4, 0.5) is 4.79 Å². The molecule has 0 saturated carbocycles. The Morgan fingerprint density at radius 3 is 2.62 bits per heavy atom. The third kappa shape index (κ3) is 3.98. The highest BCUT2D eigenvalue weighted by Gasteiger charge is 2.32. The molecule has 0 aromatic heterocycles. The van der Waals surface area contributed by atoms with E-state index in [9.17, 15) is 9.59 Å². The normalized spacial score (nSPS) is 17.8. The van der Waals surface area contributed by atoms with Gasteiger partial charge in [0.25, 0.3) is 5.91 Å². The number of nitriles is 1. The van der Waals surface area contributed by atoms with Gasteiger partial charge in [0.1, 0.15) is 5.60 Å². The van der Waals surface area contributed by atoms with Crippen molar-refractivity contribution in [2.24, 2.45) is 5.92 Å². The summed E-state index contributed by atoms with van der Waals surface area (Å²) in [7, 11) is 0.